The number of ether oxygens (including phenoxy) is 2. The molecule has 5 nitrogen and oxygen atoms in total. The molecule has 18 heavy (non-hydrogen) atoms. The first-order valence-corrected chi connectivity index (χ1v) is 6.59. The Morgan fingerprint density at radius 2 is 2.22 bits per heavy atom. The van der Waals surface area contributed by atoms with Crippen LogP contribution in [0.2, 0.25) is 0 Å². The van der Waals surface area contributed by atoms with E-state index in [0.717, 1.165) is 28.5 Å². The first-order valence-electron chi connectivity index (χ1n) is 5.82. The number of fused-ring (bicyclic) bond motifs is 1. The van der Waals surface area contributed by atoms with E-state index in [9.17, 15) is 0 Å². The van der Waals surface area contributed by atoms with E-state index < -0.39 is 0 Å². The second-order valence-electron chi connectivity index (χ2n) is 3.93. The molecular weight excluding hydrogens is 250 g/mol. The Labute approximate surface area is 109 Å². The molecule has 0 aliphatic carbocycles. The van der Waals surface area contributed by atoms with E-state index in [1.807, 2.05) is 18.2 Å². The van der Waals surface area contributed by atoms with Gasteiger partial charge < -0.3 is 14.8 Å². The molecule has 0 unspecified atom stereocenters. The van der Waals surface area contributed by atoms with Crippen molar-refractivity contribution in [3.63, 3.8) is 0 Å². The third kappa shape index (κ3) is 2.38. The molecule has 0 amide bonds. The summed E-state index contributed by atoms with van der Waals surface area (Å²) < 4.78 is 15.2. The fourth-order valence-electron chi connectivity index (χ4n) is 1.82. The first kappa shape index (κ1) is 11.3. The van der Waals surface area contributed by atoms with Crippen molar-refractivity contribution in [3.05, 3.63) is 30.0 Å². The molecule has 6 heteroatoms. The van der Waals surface area contributed by atoms with Crippen molar-refractivity contribution < 1.29 is 9.47 Å². The van der Waals surface area contributed by atoms with Crippen LogP contribution in [-0.4, -0.2) is 22.8 Å². The summed E-state index contributed by atoms with van der Waals surface area (Å²) in [4.78, 5) is 0. The quantitative estimate of drug-likeness (QED) is 0.921. The van der Waals surface area contributed by atoms with Gasteiger partial charge in [0.1, 0.15) is 5.00 Å². The SMILES string of the molecule is c1cc(CNc2cnns2)c2c(c1)OCCCO2. The fourth-order valence-corrected chi connectivity index (χ4v) is 2.23. The highest BCUT2D eigenvalue weighted by molar-refractivity contribution is 7.09. The van der Waals surface area contributed by atoms with E-state index in [2.05, 4.69) is 14.9 Å². The largest absolute Gasteiger partial charge is 0.490 e. The summed E-state index contributed by atoms with van der Waals surface area (Å²) in [6.45, 7) is 2.09. The van der Waals surface area contributed by atoms with Crippen LogP contribution < -0.4 is 14.8 Å². The van der Waals surface area contributed by atoms with Gasteiger partial charge in [0, 0.05) is 30.1 Å². The van der Waals surface area contributed by atoms with Crippen molar-refractivity contribution in [1.29, 1.82) is 0 Å². The summed E-state index contributed by atoms with van der Waals surface area (Å²) >= 11 is 1.34. The van der Waals surface area contributed by atoms with Crippen LogP contribution in [0, 0.1) is 0 Å². The van der Waals surface area contributed by atoms with Crippen LogP contribution in [0.25, 0.3) is 0 Å². The lowest BCUT2D eigenvalue weighted by Gasteiger charge is -2.12. The predicted octanol–water partition coefficient (Wildman–Crippen LogP) is 2.31. The van der Waals surface area contributed by atoms with Gasteiger partial charge in [-0.3, -0.25) is 0 Å². The van der Waals surface area contributed by atoms with Crippen molar-refractivity contribution in [2.24, 2.45) is 0 Å². The van der Waals surface area contributed by atoms with E-state index in [-0.39, 0.29) is 0 Å². The highest BCUT2D eigenvalue weighted by Crippen LogP contribution is 2.33. The van der Waals surface area contributed by atoms with Gasteiger partial charge >= 0.3 is 0 Å². The summed E-state index contributed by atoms with van der Waals surface area (Å²) in [5.41, 5.74) is 1.09. The molecule has 0 atom stereocenters. The second-order valence-corrected chi connectivity index (χ2v) is 4.72. The number of rotatable bonds is 3. The summed E-state index contributed by atoms with van der Waals surface area (Å²) in [7, 11) is 0. The van der Waals surface area contributed by atoms with Crippen LogP contribution in [0.1, 0.15) is 12.0 Å². The molecule has 0 radical (unpaired) electrons. The predicted molar refractivity (Wildman–Crippen MR) is 69.3 cm³/mol. The Kier molecular flexibility index (Phi) is 3.27. The molecule has 0 fully saturated rings. The highest BCUT2D eigenvalue weighted by atomic mass is 32.1. The standard InChI is InChI=1S/C12H13N3O2S/c1-3-9(7-13-11-8-14-15-18-11)12-10(4-1)16-5-2-6-17-12/h1,3-4,8,13H,2,5-7H2. The van der Waals surface area contributed by atoms with Crippen LogP contribution in [-0.2, 0) is 6.54 Å². The van der Waals surface area contributed by atoms with Gasteiger partial charge in [-0.25, -0.2) is 0 Å². The fraction of sp³-hybridized carbons (Fsp3) is 0.333. The highest BCUT2D eigenvalue weighted by Gasteiger charge is 2.14. The van der Waals surface area contributed by atoms with Gasteiger partial charge in [-0.15, -0.1) is 5.10 Å². The molecule has 1 aliphatic rings. The Morgan fingerprint density at radius 1 is 1.28 bits per heavy atom. The molecule has 2 heterocycles. The smallest absolute Gasteiger partial charge is 0.166 e. The Balaban J connectivity index is 1.79. The molecule has 0 saturated heterocycles. The van der Waals surface area contributed by atoms with E-state index in [1.165, 1.54) is 11.5 Å². The molecular formula is C12H13N3O2S. The summed E-state index contributed by atoms with van der Waals surface area (Å²) in [6.07, 6.45) is 2.63. The van der Waals surface area contributed by atoms with E-state index in [4.69, 9.17) is 9.47 Å². The number of hydrogen-bond donors (Lipinski definition) is 1. The van der Waals surface area contributed by atoms with Crippen LogP contribution in [0.15, 0.2) is 24.4 Å². The molecule has 0 spiro atoms. The van der Waals surface area contributed by atoms with Gasteiger partial charge in [0.05, 0.1) is 19.4 Å². The minimum absolute atomic E-state index is 0.677. The van der Waals surface area contributed by atoms with E-state index in [1.54, 1.807) is 6.20 Å². The number of anilines is 1. The summed E-state index contributed by atoms with van der Waals surface area (Å²) in [6, 6.07) is 5.96. The van der Waals surface area contributed by atoms with E-state index >= 15 is 0 Å². The van der Waals surface area contributed by atoms with Gasteiger partial charge in [-0.2, -0.15) is 0 Å². The van der Waals surface area contributed by atoms with E-state index in [0.29, 0.717) is 19.8 Å². The third-order valence-corrected chi connectivity index (χ3v) is 3.29. The molecule has 2 aromatic rings. The lowest BCUT2D eigenvalue weighted by atomic mass is 10.2. The molecule has 1 aliphatic heterocycles. The lowest BCUT2D eigenvalue weighted by molar-refractivity contribution is 0.296. The average molecular weight is 263 g/mol. The Bertz CT molecular complexity index is 516. The molecule has 0 saturated carbocycles. The molecule has 94 valence electrons. The maximum atomic E-state index is 5.76. The number of aromatic nitrogens is 2. The zero-order valence-corrected chi connectivity index (χ0v) is 10.6. The topological polar surface area (TPSA) is 56.3 Å². The van der Waals surface area contributed by atoms with Crippen LogP contribution in [0.5, 0.6) is 11.5 Å². The summed E-state index contributed by atoms with van der Waals surface area (Å²) in [5, 5.41) is 8.00. The number of para-hydroxylation sites is 1. The maximum Gasteiger partial charge on any atom is 0.166 e. The van der Waals surface area contributed by atoms with Gasteiger partial charge in [0.15, 0.2) is 11.5 Å². The average Bonchev–Trinajstić information content (AvgIpc) is 2.79. The van der Waals surface area contributed by atoms with Crippen LogP contribution in [0.3, 0.4) is 0 Å². The number of nitrogens with zero attached hydrogens (tertiary/aromatic N) is 2. The molecule has 0 bridgehead atoms. The third-order valence-electron chi connectivity index (χ3n) is 2.67. The molecule has 1 N–H and O–H groups in total. The van der Waals surface area contributed by atoms with Crippen molar-refractivity contribution in [3.8, 4) is 11.5 Å². The second kappa shape index (κ2) is 5.22. The van der Waals surface area contributed by atoms with Crippen LogP contribution >= 0.6 is 11.5 Å². The molecule has 1 aromatic carbocycles. The zero-order chi connectivity index (χ0) is 12.2. The Hall–Kier alpha value is -1.82. The number of benzene rings is 1. The monoisotopic (exact) mass is 263 g/mol. The maximum absolute atomic E-state index is 5.76. The van der Waals surface area contributed by atoms with Gasteiger partial charge in [-0.05, 0) is 6.07 Å². The Morgan fingerprint density at radius 3 is 3.11 bits per heavy atom. The minimum Gasteiger partial charge on any atom is -0.490 e. The minimum atomic E-state index is 0.677. The van der Waals surface area contributed by atoms with Gasteiger partial charge in [-0.1, -0.05) is 16.6 Å². The van der Waals surface area contributed by atoms with Crippen molar-refractivity contribution >= 4 is 16.5 Å². The molecule has 3 rings (SSSR count). The number of nitrogens with one attached hydrogen (secondary N) is 1. The van der Waals surface area contributed by atoms with Crippen molar-refractivity contribution in [2.45, 2.75) is 13.0 Å². The lowest BCUT2D eigenvalue weighted by Crippen LogP contribution is -2.02. The van der Waals surface area contributed by atoms with Crippen molar-refractivity contribution in [1.82, 2.24) is 9.59 Å². The normalized spacial score (nSPS) is 14.0. The zero-order valence-electron chi connectivity index (χ0n) is 9.76. The van der Waals surface area contributed by atoms with Gasteiger partial charge in [0.2, 0.25) is 0 Å². The number of hydrogen-bond acceptors (Lipinski definition) is 6. The van der Waals surface area contributed by atoms with Crippen LogP contribution in [0.4, 0.5) is 5.00 Å². The van der Waals surface area contributed by atoms with Gasteiger partial charge in [0.25, 0.3) is 0 Å². The summed E-state index contributed by atoms with van der Waals surface area (Å²) in [5.74, 6) is 1.68. The first-order chi connectivity index (χ1) is 8.93. The van der Waals surface area contributed by atoms with Crippen molar-refractivity contribution in [2.75, 3.05) is 18.5 Å². The molecule has 1 aromatic heterocycles.